The number of aliphatic hydroxyl groups excluding tert-OH is 1. The molecule has 7 heteroatoms. The number of piperazine rings is 1. The molecule has 0 atom stereocenters. The van der Waals surface area contributed by atoms with Gasteiger partial charge in [0.05, 0.1) is 6.61 Å². The van der Waals surface area contributed by atoms with Crippen molar-refractivity contribution in [3.8, 4) is 0 Å². The molecule has 0 aromatic heterocycles. The quantitative estimate of drug-likeness (QED) is 0.855. The third-order valence-electron chi connectivity index (χ3n) is 3.20. The average molecular weight is 288 g/mol. The predicted molar refractivity (Wildman–Crippen MR) is 68.7 cm³/mol. The van der Waals surface area contributed by atoms with Crippen molar-refractivity contribution in [1.82, 2.24) is 9.21 Å². The summed E-state index contributed by atoms with van der Waals surface area (Å²) in [6, 6.07) is 5.41. The summed E-state index contributed by atoms with van der Waals surface area (Å²) < 4.78 is 39.5. The molecule has 1 aromatic rings. The van der Waals surface area contributed by atoms with Gasteiger partial charge in [-0.05, 0) is 12.1 Å². The molecule has 2 rings (SSSR count). The highest BCUT2D eigenvalue weighted by molar-refractivity contribution is 7.89. The topological polar surface area (TPSA) is 60.9 Å². The fourth-order valence-corrected chi connectivity index (χ4v) is 3.62. The van der Waals surface area contributed by atoms with E-state index in [1.54, 1.807) is 0 Å². The number of nitrogens with zero attached hydrogens (tertiary/aromatic N) is 2. The Bertz CT molecular complexity index is 528. The lowest BCUT2D eigenvalue weighted by Gasteiger charge is -2.33. The summed E-state index contributed by atoms with van der Waals surface area (Å²) in [6.45, 7) is 2.32. The third kappa shape index (κ3) is 3.11. The Morgan fingerprint density at radius 1 is 1.16 bits per heavy atom. The second-order valence-corrected chi connectivity index (χ2v) is 6.31. The number of hydrogen-bond donors (Lipinski definition) is 1. The van der Waals surface area contributed by atoms with Crippen molar-refractivity contribution in [3.05, 3.63) is 30.1 Å². The first-order valence-electron chi connectivity index (χ1n) is 6.13. The standard InChI is InChI=1S/C12H17FN2O3S/c13-11-3-1-2-4-12(11)19(17,18)15-7-5-14(6-8-15)9-10-16/h1-4,16H,5-10H2. The fraction of sp³-hybridized carbons (Fsp3) is 0.500. The second-order valence-electron chi connectivity index (χ2n) is 4.40. The monoisotopic (exact) mass is 288 g/mol. The van der Waals surface area contributed by atoms with Gasteiger partial charge in [-0.3, -0.25) is 4.90 Å². The van der Waals surface area contributed by atoms with Crippen LogP contribution >= 0.6 is 0 Å². The summed E-state index contributed by atoms with van der Waals surface area (Å²) in [5.74, 6) is -0.722. The summed E-state index contributed by atoms with van der Waals surface area (Å²) >= 11 is 0. The largest absolute Gasteiger partial charge is 0.395 e. The van der Waals surface area contributed by atoms with Crippen LogP contribution in [-0.4, -0.2) is 62.1 Å². The normalized spacial score (nSPS) is 18.6. The molecule has 1 heterocycles. The highest BCUT2D eigenvalue weighted by Gasteiger charge is 2.30. The molecule has 106 valence electrons. The van der Waals surface area contributed by atoms with E-state index in [4.69, 9.17) is 5.11 Å². The number of rotatable bonds is 4. The molecule has 1 aromatic carbocycles. The number of halogens is 1. The lowest BCUT2D eigenvalue weighted by molar-refractivity contribution is 0.151. The SMILES string of the molecule is O=S(=O)(c1ccccc1F)N1CCN(CCO)CC1. The molecule has 0 radical (unpaired) electrons. The van der Waals surface area contributed by atoms with Crippen molar-refractivity contribution in [1.29, 1.82) is 0 Å². The molecular weight excluding hydrogens is 271 g/mol. The van der Waals surface area contributed by atoms with Crippen molar-refractivity contribution in [3.63, 3.8) is 0 Å². The van der Waals surface area contributed by atoms with E-state index in [2.05, 4.69) is 0 Å². The predicted octanol–water partition coefficient (Wildman–Crippen LogP) is 0.124. The van der Waals surface area contributed by atoms with Gasteiger partial charge in [0.1, 0.15) is 10.7 Å². The van der Waals surface area contributed by atoms with E-state index in [0.717, 1.165) is 6.07 Å². The minimum atomic E-state index is -3.76. The Morgan fingerprint density at radius 3 is 2.37 bits per heavy atom. The van der Waals surface area contributed by atoms with Gasteiger partial charge in [-0.2, -0.15) is 4.31 Å². The summed E-state index contributed by atoms with van der Waals surface area (Å²) in [5, 5.41) is 8.84. The molecule has 1 saturated heterocycles. The Balaban J connectivity index is 2.12. The van der Waals surface area contributed by atoms with Gasteiger partial charge in [0.25, 0.3) is 0 Å². The molecule has 5 nitrogen and oxygen atoms in total. The van der Waals surface area contributed by atoms with E-state index in [-0.39, 0.29) is 11.5 Å². The van der Waals surface area contributed by atoms with E-state index in [9.17, 15) is 12.8 Å². The summed E-state index contributed by atoms with van der Waals surface area (Å²) in [7, 11) is -3.76. The van der Waals surface area contributed by atoms with Gasteiger partial charge in [-0.1, -0.05) is 12.1 Å². The molecule has 0 amide bonds. The first-order valence-corrected chi connectivity index (χ1v) is 7.57. The number of sulfonamides is 1. The van der Waals surface area contributed by atoms with Crippen molar-refractivity contribution in [2.75, 3.05) is 39.3 Å². The van der Waals surface area contributed by atoms with E-state index in [1.165, 1.54) is 22.5 Å². The van der Waals surface area contributed by atoms with Crippen LogP contribution in [0, 0.1) is 5.82 Å². The number of hydrogen-bond acceptors (Lipinski definition) is 4. The van der Waals surface area contributed by atoms with Crippen molar-refractivity contribution in [2.45, 2.75) is 4.90 Å². The molecule has 1 aliphatic rings. The first kappa shape index (κ1) is 14.4. The number of aliphatic hydroxyl groups is 1. The Labute approximate surface area is 112 Å². The van der Waals surface area contributed by atoms with E-state index < -0.39 is 15.8 Å². The minimum absolute atomic E-state index is 0.0556. The summed E-state index contributed by atoms with van der Waals surface area (Å²) in [6.07, 6.45) is 0. The zero-order valence-corrected chi connectivity index (χ0v) is 11.3. The zero-order chi connectivity index (χ0) is 13.9. The molecule has 19 heavy (non-hydrogen) atoms. The van der Waals surface area contributed by atoms with Crippen LogP contribution in [0.15, 0.2) is 29.2 Å². The third-order valence-corrected chi connectivity index (χ3v) is 5.13. The molecule has 0 bridgehead atoms. The zero-order valence-electron chi connectivity index (χ0n) is 10.5. The average Bonchev–Trinajstić information content (AvgIpc) is 2.40. The van der Waals surface area contributed by atoms with Crippen LogP contribution in [0.25, 0.3) is 0 Å². The van der Waals surface area contributed by atoms with Crippen molar-refractivity contribution >= 4 is 10.0 Å². The van der Waals surface area contributed by atoms with Crippen LogP contribution in [0.3, 0.4) is 0 Å². The Hall–Kier alpha value is -1.02. The lowest BCUT2D eigenvalue weighted by Crippen LogP contribution is -2.49. The van der Waals surface area contributed by atoms with Crippen LogP contribution in [0.5, 0.6) is 0 Å². The van der Waals surface area contributed by atoms with Crippen LogP contribution in [0.1, 0.15) is 0 Å². The van der Waals surface area contributed by atoms with Gasteiger partial charge < -0.3 is 5.11 Å². The van der Waals surface area contributed by atoms with E-state index >= 15 is 0 Å². The van der Waals surface area contributed by atoms with Gasteiger partial charge in [0.2, 0.25) is 10.0 Å². The maximum Gasteiger partial charge on any atom is 0.246 e. The van der Waals surface area contributed by atoms with Crippen LogP contribution in [0.4, 0.5) is 4.39 Å². The van der Waals surface area contributed by atoms with E-state index in [0.29, 0.717) is 32.7 Å². The fourth-order valence-electron chi connectivity index (χ4n) is 2.13. The number of β-amino-alcohol motifs (C(OH)–C–C–N with tert-alkyl or cyclic N) is 1. The van der Waals surface area contributed by atoms with Gasteiger partial charge in [0.15, 0.2) is 0 Å². The molecule has 0 unspecified atom stereocenters. The first-order chi connectivity index (χ1) is 9.05. The van der Waals surface area contributed by atoms with Gasteiger partial charge in [0, 0.05) is 32.7 Å². The molecule has 1 fully saturated rings. The Kier molecular flexibility index (Phi) is 4.51. The summed E-state index contributed by atoms with van der Waals surface area (Å²) in [4.78, 5) is 1.71. The maximum atomic E-state index is 13.6. The van der Waals surface area contributed by atoms with Crippen LogP contribution < -0.4 is 0 Å². The molecule has 0 saturated carbocycles. The maximum absolute atomic E-state index is 13.6. The molecule has 1 aliphatic heterocycles. The van der Waals surface area contributed by atoms with Gasteiger partial charge in [-0.25, -0.2) is 12.8 Å². The molecular formula is C12H17FN2O3S. The van der Waals surface area contributed by atoms with Crippen LogP contribution in [0.2, 0.25) is 0 Å². The molecule has 0 spiro atoms. The lowest BCUT2D eigenvalue weighted by atomic mass is 10.3. The van der Waals surface area contributed by atoms with Gasteiger partial charge >= 0.3 is 0 Å². The van der Waals surface area contributed by atoms with Crippen molar-refractivity contribution < 1.29 is 17.9 Å². The number of benzene rings is 1. The van der Waals surface area contributed by atoms with Crippen LogP contribution in [-0.2, 0) is 10.0 Å². The highest BCUT2D eigenvalue weighted by atomic mass is 32.2. The second kappa shape index (κ2) is 5.96. The summed E-state index contributed by atoms with van der Waals surface area (Å²) in [5.41, 5.74) is 0. The highest BCUT2D eigenvalue weighted by Crippen LogP contribution is 2.20. The molecule has 1 N–H and O–H groups in total. The van der Waals surface area contributed by atoms with Crippen molar-refractivity contribution in [2.24, 2.45) is 0 Å². The Morgan fingerprint density at radius 2 is 1.79 bits per heavy atom. The minimum Gasteiger partial charge on any atom is -0.395 e. The molecule has 0 aliphatic carbocycles. The van der Waals surface area contributed by atoms with Gasteiger partial charge in [-0.15, -0.1) is 0 Å². The smallest absolute Gasteiger partial charge is 0.246 e. The van der Waals surface area contributed by atoms with E-state index in [1.807, 2.05) is 4.90 Å².